The van der Waals surface area contributed by atoms with Gasteiger partial charge in [0.2, 0.25) is 0 Å². The summed E-state index contributed by atoms with van der Waals surface area (Å²) < 4.78 is 0. The van der Waals surface area contributed by atoms with Crippen molar-refractivity contribution >= 4 is 0 Å². The van der Waals surface area contributed by atoms with Gasteiger partial charge in [-0.05, 0) is 37.5 Å². The van der Waals surface area contributed by atoms with Crippen LogP contribution >= 0.6 is 0 Å². The van der Waals surface area contributed by atoms with E-state index in [1.165, 1.54) is 6.42 Å². The largest absolute Gasteiger partial charge is 0.390 e. The highest BCUT2D eigenvalue weighted by Crippen LogP contribution is 2.38. The SMILES string of the molecule is CC(C)[C@H](C)CC1(O)CCC1. The first-order chi connectivity index (χ1) is 5.03. The predicted octanol–water partition coefficient (Wildman–Crippen LogP) is 2.58. The third kappa shape index (κ3) is 2.19. The van der Waals surface area contributed by atoms with E-state index >= 15 is 0 Å². The lowest BCUT2D eigenvalue weighted by atomic mass is 9.73. The average molecular weight is 156 g/mol. The Hall–Kier alpha value is -0.0400. The van der Waals surface area contributed by atoms with E-state index in [0.29, 0.717) is 11.8 Å². The van der Waals surface area contributed by atoms with Crippen molar-refractivity contribution in [2.24, 2.45) is 11.8 Å². The van der Waals surface area contributed by atoms with Gasteiger partial charge in [0.25, 0.3) is 0 Å². The highest BCUT2D eigenvalue weighted by molar-refractivity contribution is 4.88. The van der Waals surface area contributed by atoms with Crippen molar-refractivity contribution in [2.45, 2.75) is 52.1 Å². The summed E-state index contributed by atoms with van der Waals surface area (Å²) in [6.45, 7) is 6.69. The fraction of sp³-hybridized carbons (Fsp3) is 1.00. The second-order valence-electron chi connectivity index (χ2n) is 4.50. The molecule has 1 heteroatoms. The monoisotopic (exact) mass is 156 g/mol. The summed E-state index contributed by atoms with van der Waals surface area (Å²) in [6, 6.07) is 0. The lowest BCUT2D eigenvalue weighted by Crippen LogP contribution is -2.39. The fourth-order valence-corrected chi connectivity index (χ4v) is 1.62. The van der Waals surface area contributed by atoms with Crippen molar-refractivity contribution in [3.8, 4) is 0 Å². The van der Waals surface area contributed by atoms with Crippen LogP contribution in [-0.4, -0.2) is 10.7 Å². The van der Waals surface area contributed by atoms with Gasteiger partial charge in [-0.2, -0.15) is 0 Å². The number of hydrogen-bond acceptors (Lipinski definition) is 1. The maximum absolute atomic E-state index is 9.83. The molecule has 0 spiro atoms. The van der Waals surface area contributed by atoms with E-state index in [1.807, 2.05) is 0 Å². The van der Waals surface area contributed by atoms with Gasteiger partial charge in [-0.15, -0.1) is 0 Å². The molecule has 66 valence electrons. The van der Waals surface area contributed by atoms with E-state index in [9.17, 15) is 5.11 Å². The third-order valence-electron chi connectivity index (χ3n) is 3.12. The molecule has 0 bridgehead atoms. The van der Waals surface area contributed by atoms with Crippen molar-refractivity contribution in [1.29, 1.82) is 0 Å². The predicted molar refractivity (Wildman–Crippen MR) is 47.4 cm³/mol. The van der Waals surface area contributed by atoms with Crippen molar-refractivity contribution in [1.82, 2.24) is 0 Å². The van der Waals surface area contributed by atoms with E-state index in [2.05, 4.69) is 20.8 Å². The van der Waals surface area contributed by atoms with Gasteiger partial charge in [-0.1, -0.05) is 20.8 Å². The van der Waals surface area contributed by atoms with E-state index in [1.54, 1.807) is 0 Å². The number of hydrogen-bond donors (Lipinski definition) is 1. The lowest BCUT2D eigenvalue weighted by molar-refractivity contribution is -0.0551. The van der Waals surface area contributed by atoms with Crippen molar-refractivity contribution in [3.05, 3.63) is 0 Å². The zero-order valence-electron chi connectivity index (χ0n) is 7.93. The minimum Gasteiger partial charge on any atom is -0.390 e. The van der Waals surface area contributed by atoms with Gasteiger partial charge in [0.1, 0.15) is 0 Å². The zero-order valence-corrected chi connectivity index (χ0v) is 7.93. The van der Waals surface area contributed by atoms with E-state index in [0.717, 1.165) is 19.3 Å². The third-order valence-corrected chi connectivity index (χ3v) is 3.12. The summed E-state index contributed by atoms with van der Waals surface area (Å²) in [6.07, 6.45) is 4.29. The summed E-state index contributed by atoms with van der Waals surface area (Å²) in [5.41, 5.74) is -0.274. The fourth-order valence-electron chi connectivity index (χ4n) is 1.62. The molecular formula is C10H20O. The molecular weight excluding hydrogens is 136 g/mol. The molecule has 1 aliphatic rings. The topological polar surface area (TPSA) is 20.2 Å². The molecule has 0 aromatic heterocycles. The Labute approximate surface area is 69.8 Å². The molecule has 1 saturated carbocycles. The minimum atomic E-state index is -0.274. The molecule has 1 nitrogen and oxygen atoms in total. The molecule has 0 heterocycles. The molecule has 1 aliphatic carbocycles. The van der Waals surface area contributed by atoms with Gasteiger partial charge < -0.3 is 5.11 Å². The van der Waals surface area contributed by atoms with Crippen LogP contribution < -0.4 is 0 Å². The van der Waals surface area contributed by atoms with Gasteiger partial charge in [0.05, 0.1) is 5.60 Å². The van der Waals surface area contributed by atoms with E-state index in [-0.39, 0.29) is 5.60 Å². The minimum absolute atomic E-state index is 0.274. The summed E-state index contributed by atoms with van der Waals surface area (Å²) >= 11 is 0. The van der Waals surface area contributed by atoms with Crippen LogP contribution in [0.3, 0.4) is 0 Å². The van der Waals surface area contributed by atoms with Crippen LogP contribution in [0.1, 0.15) is 46.5 Å². The lowest BCUT2D eigenvalue weighted by Gasteiger charge is -2.39. The Kier molecular flexibility index (Phi) is 2.58. The first-order valence-electron chi connectivity index (χ1n) is 4.76. The summed E-state index contributed by atoms with van der Waals surface area (Å²) in [5, 5.41) is 9.83. The first-order valence-corrected chi connectivity index (χ1v) is 4.76. The molecule has 0 unspecified atom stereocenters. The van der Waals surface area contributed by atoms with Crippen molar-refractivity contribution in [3.63, 3.8) is 0 Å². The Bertz CT molecular complexity index is 125. The molecule has 0 saturated heterocycles. The maximum Gasteiger partial charge on any atom is 0.0650 e. The van der Waals surface area contributed by atoms with Crippen LogP contribution in [0.2, 0.25) is 0 Å². The molecule has 1 rings (SSSR count). The highest BCUT2D eigenvalue weighted by atomic mass is 16.3. The summed E-state index contributed by atoms with van der Waals surface area (Å²) in [7, 11) is 0. The molecule has 0 aromatic carbocycles. The van der Waals surface area contributed by atoms with E-state index < -0.39 is 0 Å². The smallest absolute Gasteiger partial charge is 0.0650 e. The Morgan fingerprint density at radius 2 is 1.82 bits per heavy atom. The van der Waals surface area contributed by atoms with Gasteiger partial charge in [0.15, 0.2) is 0 Å². The zero-order chi connectivity index (χ0) is 8.48. The van der Waals surface area contributed by atoms with Crippen LogP contribution in [0, 0.1) is 11.8 Å². The van der Waals surface area contributed by atoms with Crippen molar-refractivity contribution in [2.75, 3.05) is 0 Å². The van der Waals surface area contributed by atoms with Crippen LogP contribution in [0.15, 0.2) is 0 Å². The molecule has 1 N–H and O–H groups in total. The first kappa shape index (κ1) is 9.05. The molecule has 0 aliphatic heterocycles. The highest BCUT2D eigenvalue weighted by Gasteiger charge is 2.35. The van der Waals surface area contributed by atoms with Crippen LogP contribution in [-0.2, 0) is 0 Å². The molecule has 0 amide bonds. The van der Waals surface area contributed by atoms with Crippen LogP contribution in [0.4, 0.5) is 0 Å². The van der Waals surface area contributed by atoms with Crippen LogP contribution in [0.25, 0.3) is 0 Å². The molecule has 0 radical (unpaired) electrons. The normalized spacial score (nSPS) is 24.8. The Balaban J connectivity index is 2.29. The Morgan fingerprint density at radius 3 is 2.09 bits per heavy atom. The van der Waals surface area contributed by atoms with Gasteiger partial charge in [-0.25, -0.2) is 0 Å². The second kappa shape index (κ2) is 3.14. The molecule has 1 atom stereocenters. The number of aliphatic hydroxyl groups is 1. The van der Waals surface area contributed by atoms with Gasteiger partial charge in [-0.3, -0.25) is 0 Å². The van der Waals surface area contributed by atoms with E-state index in [4.69, 9.17) is 0 Å². The molecule has 0 aromatic rings. The Morgan fingerprint density at radius 1 is 1.27 bits per heavy atom. The second-order valence-corrected chi connectivity index (χ2v) is 4.50. The summed E-state index contributed by atoms with van der Waals surface area (Å²) in [4.78, 5) is 0. The van der Waals surface area contributed by atoms with Crippen LogP contribution in [0.5, 0.6) is 0 Å². The number of rotatable bonds is 3. The average Bonchev–Trinajstić information content (AvgIpc) is 1.84. The quantitative estimate of drug-likeness (QED) is 0.666. The molecule has 1 fully saturated rings. The molecule has 11 heavy (non-hydrogen) atoms. The van der Waals surface area contributed by atoms with Crippen molar-refractivity contribution < 1.29 is 5.11 Å². The standard InChI is InChI=1S/C10H20O/c1-8(2)9(3)7-10(11)5-4-6-10/h8-9,11H,4-7H2,1-3H3/t9-/m1/s1. The van der Waals surface area contributed by atoms with Gasteiger partial charge >= 0.3 is 0 Å². The summed E-state index contributed by atoms with van der Waals surface area (Å²) in [5.74, 6) is 1.37. The maximum atomic E-state index is 9.83. The van der Waals surface area contributed by atoms with Gasteiger partial charge in [0, 0.05) is 0 Å².